The minimum atomic E-state index is -0.290. The molecule has 2 aromatic heterocycles. The van der Waals surface area contributed by atoms with Crippen LogP contribution in [0.25, 0.3) is 0 Å². The van der Waals surface area contributed by atoms with Crippen LogP contribution in [0.1, 0.15) is 29.3 Å². The Morgan fingerprint density at radius 3 is 3.00 bits per heavy atom. The summed E-state index contributed by atoms with van der Waals surface area (Å²) in [5.74, 6) is 0.689. The fourth-order valence-corrected chi connectivity index (χ4v) is 3.56. The highest BCUT2D eigenvalue weighted by atomic mass is 32.1. The molecular formula is C15H20N6OS. The molecule has 0 bridgehead atoms. The van der Waals surface area contributed by atoms with Gasteiger partial charge < -0.3 is 11.1 Å². The lowest BCUT2D eigenvalue weighted by atomic mass is 9.94. The number of aromatic nitrogens is 3. The smallest absolute Gasteiger partial charge is 0.231 e. The van der Waals surface area contributed by atoms with Gasteiger partial charge in [0.1, 0.15) is 0 Å². The van der Waals surface area contributed by atoms with Crippen LogP contribution >= 0.6 is 11.3 Å². The van der Waals surface area contributed by atoms with Gasteiger partial charge >= 0.3 is 0 Å². The lowest BCUT2D eigenvalue weighted by Crippen LogP contribution is -2.40. The van der Waals surface area contributed by atoms with Crippen LogP contribution < -0.4 is 11.1 Å². The van der Waals surface area contributed by atoms with Crippen molar-refractivity contribution in [3.63, 3.8) is 0 Å². The molecular weight excluding hydrogens is 312 g/mol. The molecule has 1 aliphatic rings. The zero-order valence-corrected chi connectivity index (χ0v) is 13.8. The van der Waals surface area contributed by atoms with E-state index in [1.807, 2.05) is 13.1 Å². The maximum atomic E-state index is 11.2. The minimum Gasteiger partial charge on any atom is -0.369 e. The summed E-state index contributed by atoms with van der Waals surface area (Å²) in [4.78, 5) is 27.7. The number of piperidine rings is 1. The Labute approximate surface area is 139 Å². The van der Waals surface area contributed by atoms with Gasteiger partial charge in [0.2, 0.25) is 5.91 Å². The second kappa shape index (κ2) is 7.01. The Kier molecular flexibility index (Phi) is 4.82. The lowest BCUT2D eigenvalue weighted by molar-refractivity contribution is -0.119. The van der Waals surface area contributed by atoms with Crippen LogP contribution in [0.5, 0.6) is 0 Å². The van der Waals surface area contributed by atoms with E-state index in [0.717, 1.165) is 47.5 Å². The molecule has 1 saturated heterocycles. The van der Waals surface area contributed by atoms with E-state index in [-0.39, 0.29) is 11.8 Å². The predicted octanol–water partition coefficient (Wildman–Crippen LogP) is 1.65. The molecule has 1 amide bonds. The number of rotatable bonds is 5. The zero-order chi connectivity index (χ0) is 16.2. The highest BCUT2D eigenvalue weighted by Crippen LogP contribution is 2.31. The Balaban J connectivity index is 1.78. The first-order valence-electron chi connectivity index (χ1n) is 7.63. The van der Waals surface area contributed by atoms with Gasteiger partial charge in [-0.25, -0.2) is 9.97 Å². The highest BCUT2D eigenvalue weighted by Gasteiger charge is 2.26. The van der Waals surface area contributed by atoms with Crippen molar-refractivity contribution in [1.29, 1.82) is 0 Å². The number of primary amides is 1. The fraction of sp³-hybridized carbons (Fsp3) is 0.467. The molecule has 0 radical (unpaired) electrons. The van der Waals surface area contributed by atoms with Gasteiger partial charge in [-0.05, 0) is 26.3 Å². The van der Waals surface area contributed by atoms with Crippen LogP contribution in [-0.2, 0) is 4.79 Å². The molecule has 0 saturated carbocycles. The number of nitrogens with one attached hydrogen (secondary N) is 1. The molecule has 7 nitrogen and oxygen atoms in total. The summed E-state index contributed by atoms with van der Waals surface area (Å²) >= 11 is 1.59. The predicted molar refractivity (Wildman–Crippen MR) is 89.8 cm³/mol. The van der Waals surface area contributed by atoms with Crippen LogP contribution in [0.4, 0.5) is 10.9 Å². The molecule has 3 rings (SSSR count). The van der Waals surface area contributed by atoms with Gasteiger partial charge in [0.05, 0.1) is 12.2 Å². The van der Waals surface area contributed by atoms with Gasteiger partial charge in [-0.2, -0.15) is 0 Å². The third kappa shape index (κ3) is 4.02. The van der Waals surface area contributed by atoms with Crippen molar-refractivity contribution in [2.45, 2.75) is 25.7 Å². The van der Waals surface area contributed by atoms with Crippen LogP contribution in [0.3, 0.4) is 0 Å². The van der Waals surface area contributed by atoms with Gasteiger partial charge in [0.15, 0.2) is 10.9 Å². The van der Waals surface area contributed by atoms with Crippen molar-refractivity contribution < 1.29 is 4.79 Å². The number of hydrogen-bond acceptors (Lipinski definition) is 7. The number of likely N-dealkylation sites (tertiary alicyclic amines) is 1. The monoisotopic (exact) mass is 332 g/mol. The summed E-state index contributed by atoms with van der Waals surface area (Å²) in [6.45, 7) is 3.98. The first-order chi connectivity index (χ1) is 11.1. The van der Waals surface area contributed by atoms with Crippen LogP contribution in [-0.4, -0.2) is 45.4 Å². The van der Waals surface area contributed by atoms with Gasteiger partial charge in [-0.15, -0.1) is 11.3 Å². The van der Waals surface area contributed by atoms with Crippen molar-refractivity contribution in [3.05, 3.63) is 29.2 Å². The number of carbonyl (C=O) groups excluding carboxylic acids is 1. The van der Waals surface area contributed by atoms with Crippen LogP contribution in [0, 0.1) is 6.92 Å². The van der Waals surface area contributed by atoms with Gasteiger partial charge in [-0.1, -0.05) is 0 Å². The van der Waals surface area contributed by atoms with E-state index in [1.165, 1.54) is 0 Å². The van der Waals surface area contributed by atoms with E-state index in [9.17, 15) is 4.79 Å². The number of amides is 1. The summed E-state index contributed by atoms with van der Waals surface area (Å²) in [5, 5.41) is 4.08. The summed E-state index contributed by atoms with van der Waals surface area (Å²) in [6.07, 6.45) is 7.26. The second-order valence-corrected chi connectivity index (χ2v) is 6.97. The Morgan fingerprint density at radius 2 is 2.26 bits per heavy atom. The molecule has 0 spiro atoms. The number of anilines is 2. The first-order valence-corrected chi connectivity index (χ1v) is 8.44. The SMILES string of the molecule is Cc1cnc(Nc2nccnc2[C@@H]2CCCN(CC(N)=O)C2)s1. The highest BCUT2D eigenvalue weighted by molar-refractivity contribution is 7.15. The molecule has 2 aromatic rings. The standard InChI is InChI=1S/C15H20N6OS/c1-10-7-19-15(23-10)20-14-13(17-4-5-18-14)11-3-2-6-21(8-11)9-12(16)22/h4-5,7,11H,2-3,6,8-9H2,1H3,(H2,16,22)(H,18,19,20)/t11-/m1/s1. The topological polar surface area (TPSA) is 97.0 Å². The van der Waals surface area contributed by atoms with E-state index >= 15 is 0 Å². The van der Waals surface area contributed by atoms with Crippen LogP contribution in [0.2, 0.25) is 0 Å². The molecule has 1 fully saturated rings. The lowest BCUT2D eigenvalue weighted by Gasteiger charge is -2.31. The molecule has 122 valence electrons. The average Bonchev–Trinajstić information content (AvgIpc) is 2.92. The third-order valence-electron chi connectivity index (χ3n) is 3.84. The molecule has 1 atom stereocenters. The van der Waals surface area contributed by atoms with E-state index in [0.29, 0.717) is 6.54 Å². The van der Waals surface area contributed by atoms with Crippen molar-refractivity contribution in [3.8, 4) is 0 Å². The fourth-order valence-electron chi connectivity index (χ4n) is 2.90. The maximum Gasteiger partial charge on any atom is 0.231 e. The summed E-state index contributed by atoms with van der Waals surface area (Å²) in [6, 6.07) is 0. The molecule has 8 heteroatoms. The number of nitrogens with zero attached hydrogens (tertiary/aromatic N) is 4. The van der Waals surface area contributed by atoms with Crippen molar-refractivity contribution >= 4 is 28.2 Å². The molecule has 23 heavy (non-hydrogen) atoms. The summed E-state index contributed by atoms with van der Waals surface area (Å²) in [5.41, 5.74) is 6.24. The molecule has 3 N–H and O–H groups in total. The van der Waals surface area contributed by atoms with E-state index in [1.54, 1.807) is 23.7 Å². The number of thiazole rings is 1. The Morgan fingerprint density at radius 1 is 1.43 bits per heavy atom. The quantitative estimate of drug-likeness (QED) is 0.864. The zero-order valence-electron chi connectivity index (χ0n) is 13.0. The largest absolute Gasteiger partial charge is 0.369 e. The molecule has 3 heterocycles. The number of nitrogens with two attached hydrogens (primary N) is 1. The number of carbonyl (C=O) groups is 1. The Hall–Kier alpha value is -2.06. The van der Waals surface area contributed by atoms with Crippen molar-refractivity contribution in [2.24, 2.45) is 5.73 Å². The molecule has 0 unspecified atom stereocenters. The van der Waals surface area contributed by atoms with E-state index in [2.05, 4.69) is 25.2 Å². The van der Waals surface area contributed by atoms with Crippen LogP contribution in [0.15, 0.2) is 18.6 Å². The second-order valence-electron chi connectivity index (χ2n) is 5.73. The van der Waals surface area contributed by atoms with Crippen molar-refractivity contribution in [1.82, 2.24) is 19.9 Å². The normalized spacial score (nSPS) is 18.7. The van der Waals surface area contributed by atoms with Gasteiger partial charge in [0, 0.05) is 35.9 Å². The minimum absolute atomic E-state index is 0.236. The molecule has 0 aliphatic carbocycles. The summed E-state index contributed by atoms with van der Waals surface area (Å²) < 4.78 is 0. The third-order valence-corrected chi connectivity index (χ3v) is 4.67. The van der Waals surface area contributed by atoms with Crippen molar-refractivity contribution in [2.75, 3.05) is 25.0 Å². The molecule has 1 aliphatic heterocycles. The van der Waals surface area contributed by atoms with E-state index in [4.69, 9.17) is 5.73 Å². The summed E-state index contributed by atoms with van der Waals surface area (Å²) in [7, 11) is 0. The Bertz CT molecular complexity index is 688. The first kappa shape index (κ1) is 15.8. The maximum absolute atomic E-state index is 11.2. The molecule has 0 aromatic carbocycles. The average molecular weight is 332 g/mol. The van der Waals surface area contributed by atoms with Gasteiger partial charge in [0.25, 0.3) is 0 Å². The number of hydrogen-bond donors (Lipinski definition) is 2. The van der Waals surface area contributed by atoms with E-state index < -0.39 is 0 Å². The number of aryl methyl sites for hydroxylation is 1. The van der Waals surface area contributed by atoms with Gasteiger partial charge in [-0.3, -0.25) is 14.7 Å².